The molecule has 19 heavy (non-hydrogen) atoms. The van der Waals surface area contributed by atoms with Gasteiger partial charge in [-0.1, -0.05) is 18.2 Å². The molecule has 0 amide bonds. The number of aliphatic carboxylic acids is 1. The Morgan fingerprint density at radius 2 is 2.11 bits per heavy atom. The summed E-state index contributed by atoms with van der Waals surface area (Å²) in [5.41, 5.74) is 7.32. The number of nitrogen functional groups attached to an aromatic ring is 1. The van der Waals surface area contributed by atoms with Crippen LogP contribution in [-0.4, -0.2) is 34.9 Å². The quantitative estimate of drug-likeness (QED) is 0.562. The molecule has 0 spiro atoms. The summed E-state index contributed by atoms with van der Waals surface area (Å²) in [6.45, 7) is 2.40. The zero-order valence-corrected chi connectivity index (χ0v) is 10.8. The molecule has 0 saturated carbocycles. The number of amidine groups is 1. The molecule has 1 fully saturated rings. The van der Waals surface area contributed by atoms with Crippen LogP contribution in [0.2, 0.25) is 0 Å². The third-order valence-electron chi connectivity index (χ3n) is 3.58. The second kappa shape index (κ2) is 5.84. The predicted molar refractivity (Wildman–Crippen MR) is 73.1 cm³/mol. The molecule has 1 aromatic carbocycles. The molecule has 1 aliphatic rings. The van der Waals surface area contributed by atoms with Crippen LogP contribution in [0.5, 0.6) is 0 Å². The summed E-state index contributed by atoms with van der Waals surface area (Å²) >= 11 is 0. The number of carboxylic acid groups (broad SMARTS) is 1. The topological polar surface area (TPSA) is 90.4 Å². The molecule has 0 atom stereocenters. The van der Waals surface area contributed by atoms with Crippen molar-refractivity contribution in [3.63, 3.8) is 0 Å². The molecular formula is C14H19N3O2. The molecule has 102 valence electrons. The lowest BCUT2D eigenvalue weighted by Crippen LogP contribution is -2.35. The Bertz CT molecular complexity index is 479. The van der Waals surface area contributed by atoms with E-state index in [9.17, 15) is 4.79 Å². The molecule has 0 aromatic heterocycles. The molecule has 5 nitrogen and oxygen atoms in total. The fraction of sp³-hybridized carbons (Fsp3) is 0.429. The lowest BCUT2D eigenvalue weighted by Gasteiger charge is -2.30. The van der Waals surface area contributed by atoms with Crippen LogP contribution >= 0.6 is 0 Å². The Morgan fingerprint density at radius 3 is 2.68 bits per heavy atom. The van der Waals surface area contributed by atoms with Gasteiger partial charge >= 0.3 is 5.97 Å². The number of benzene rings is 1. The predicted octanol–water partition coefficient (Wildman–Crippen LogP) is 1.27. The highest BCUT2D eigenvalue weighted by Gasteiger charge is 2.24. The molecule has 5 heteroatoms. The van der Waals surface area contributed by atoms with E-state index in [4.69, 9.17) is 16.2 Å². The van der Waals surface area contributed by atoms with Crippen molar-refractivity contribution >= 4 is 11.8 Å². The number of carbonyl (C=O) groups is 1. The maximum absolute atomic E-state index is 10.9. The molecule has 1 aromatic rings. The largest absolute Gasteiger partial charge is 0.481 e. The minimum absolute atomic E-state index is 0.0754. The number of hydrogen-bond donors (Lipinski definition) is 3. The van der Waals surface area contributed by atoms with Crippen molar-refractivity contribution in [3.8, 4) is 0 Å². The van der Waals surface area contributed by atoms with E-state index >= 15 is 0 Å². The smallest absolute Gasteiger partial charge is 0.306 e. The van der Waals surface area contributed by atoms with Crippen LogP contribution in [0.25, 0.3) is 0 Å². The summed E-state index contributed by atoms with van der Waals surface area (Å²) in [7, 11) is 0. The van der Waals surface area contributed by atoms with Gasteiger partial charge in [0.05, 0.1) is 5.92 Å². The first-order chi connectivity index (χ1) is 9.06. The highest BCUT2D eigenvalue weighted by atomic mass is 16.4. The molecule has 4 N–H and O–H groups in total. The fourth-order valence-electron chi connectivity index (χ4n) is 2.43. The van der Waals surface area contributed by atoms with Gasteiger partial charge in [-0.2, -0.15) is 0 Å². The molecule has 1 saturated heterocycles. The Kier molecular flexibility index (Phi) is 4.16. The monoisotopic (exact) mass is 261 g/mol. The van der Waals surface area contributed by atoms with Gasteiger partial charge in [-0.05, 0) is 37.6 Å². The van der Waals surface area contributed by atoms with E-state index in [1.54, 1.807) is 0 Å². The van der Waals surface area contributed by atoms with Gasteiger partial charge < -0.3 is 10.8 Å². The zero-order chi connectivity index (χ0) is 13.8. The summed E-state index contributed by atoms with van der Waals surface area (Å²) in [5, 5.41) is 16.4. The molecule has 0 unspecified atom stereocenters. The van der Waals surface area contributed by atoms with Crippen molar-refractivity contribution in [3.05, 3.63) is 35.4 Å². The van der Waals surface area contributed by atoms with Gasteiger partial charge in [-0.15, -0.1) is 0 Å². The third kappa shape index (κ3) is 3.54. The highest BCUT2D eigenvalue weighted by Crippen LogP contribution is 2.19. The molecule has 2 rings (SSSR count). The number of nitrogens with one attached hydrogen (secondary N) is 1. The molecule has 1 aliphatic heterocycles. The Morgan fingerprint density at radius 1 is 1.42 bits per heavy atom. The minimum atomic E-state index is -0.682. The second-order valence-electron chi connectivity index (χ2n) is 5.00. The van der Waals surface area contributed by atoms with Crippen molar-refractivity contribution in [2.75, 3.05) is 13.1 Å². The van der Waals surface area contributed by atoms with Crippen molar-refractivity contribution in [2.24, 2.45) is 11.7 Å². The van der Waals surface area contributed by atoms with E-state index < -0.39 is 5.97 Å². The van der Waals surface area contributed by atoms with E-state index in [1.165, 1.54) is 0 Å². The number of hydrogen-bond acceptors (Lipinski definition) is 3. The first-order valence-electron chi connectivity index (χ1n) is 6.45. The van der Waals surface area contributed by atoms with Gasteiger partial charge in [0, 0.05) is 12.1 Å². The molecule has 1 heterocycles. The SMILES string of the molecule is N=C(N)c1cccc(CN2CCC(C(=O)O)CC2)c1. The number of nitrogens with zero attached hydrogens (tertiary/aromatic N) is 1. The molecular weight excluding hydrogens is 242 g/mol. The average molecular weight is 261 g/mol. The Hall–Kier alpha value is -1.88. The molecule has 0 radical (unpaired) electrons. The number of nitrogens with two attached hydrogens (primary N) is 1. The van der Waals surface area contributed by atoms with Gasteiger partial charge in [0.15, 0.2) is 0 Å². The highest BCUT2D eigenvalue weighted by molar-refractivity contribution is 5.95. The van der Waals surface area contributed by atoms with Crippen LogP contribution in [0.3, 0.4) is 0 Å². The number of piperidine rings is 1. The van der Waals surface area contributed by atoms with E-state index in [1.807, 2.05) is 24.3 Å². The van der Waals surface area contributed by atoms with Crippen LogP contribution in [0.4, 0.5) is 0 Å². The summed E-state index contributed by atoms with van der Waals surface area (Å²) in [4.78, 5) is 13.1. The zero-order valence-electron chi connectivity index (χ0n) is 10.8. The second-order valence-corrected chi connectivity index (χ2v) is 5.00. The van der Waals surface area contributed by atoms with Crippen LogP contribution < -0.4 is 5.73 Å². The van der Waals surface area contributed by atoms with Gasteiger partial charge in [0.25, 0.3) is 0 Å². The molecule has 0 bridgehead atoms. The Labute approximate surface area is 112 Å². The van der Waals surface area contributed by atoms with E-state index in [2.05, 4.69) is 4.90 Å². The van der Waals surface area contributed by atoms with Crippen LogP contribution in [-0.2, 0) is 11.3 Å². The first-order valence-corrected chi connectivity index (χ1v) is 6.45. The lowest BCUT2D eigenvalue weighted by molar-refractivity contribution is -0.143. The maximum Gasteiger partial charge on any atom is 0.306 e. The van der Waals surface area contributed by atoms with Crippen LogP contribution in [0.15, 0.2) is 24.3 Å². The Balaban J connectivity index is 1.94. The number of carboxylic acids is 1. The lowest BCUT2D eigenvalue weighted by atomic mass is 9.96. The van der Waals surface area contributed by atoms with E-state index in [0.717, 1.165) is 30.8 Å². The minimum Gasteiger partial charge on any atom is -0.481 e. The van der Waals surface area contributed by atoms with Gasteiger partial charge in [0.2, 0.25) is 0 Å². The average Bonchev–Trinajstić information content (AvgIpc) is 2.39. The number of rotatable bonds is 4. The summed E-state index contributed by atoms with van der Waals surface area (Å²) < 4.78 is 0. The van der Waals surface area contributed by atoms with Gasteiger partial charge in [0.1, 0.15) is 5.84 Å². The normalized spacial score (nSPS) is 17.3. The summed E-state index contributed by atoms with van der Waals surface area (Å²) in [6, 6.07) is 7.65. The third-order valence-corrected chi connectivity index (χ3v) is 3.58. The van der Waals surface area contributed by atoms with Crippen molar-refractivity contribution in [1.82, 2.24) is 4.90 Å². The summed E-state index contributed by atoms with van der Waals surface area (Å²) in [5.74, 6) is -0.801. The number of likely N-dealkylation sites (tertiary alicyclic amines) is 1. The van der Waals surface area contributed by atoms with Crippen LogP contribution in [0, 0.1) is 11.3 Å². The first kappa shape index (κ1) is 13.5. The summed E-state index contributed by atoms with van der Waals surface area (Å²) in [6.07, 6.45) is 1.42. The fourth-order valence-corrected chi connectivity index (χ4v) is 2.43. The standard InChI is InChI=1S/C14H19N3O2/c15-13(16)12-3-1-2-10(8-12)9-17-6-4-11(5-7-17)14(18)19/h1-3,8,11H,4-7,9H2,(H3,15,16)(H,18,19). The van der Waals surface area contributed by atoms with E-state index in [0.29, 0.717) is 12.8 Å². The molecule has 0 aliphatic carbocycles. The van der Waals surface area contributed by atoms with E-state index in [-0.39, 0.29) is 11.8 Å². The van der Waals surface area contributed by atoms with Gasteiger partial charge in [-0.3, -0.25) is 15.1 Å². The van der Waals surface area contributed by atoms with Crippen LogP contribution in [0.1, 0.15) is 24.0 Å². The van der Waals surface area contributed by atoms with Crippen molar-refractivity contribution < 1.29 is 9.90 Å². The van der Waals surface area contributed by atoms with Crippen molar-refractivity contribution in [2.45, 2.75) is 19.4 Å². The van der Waals surface area contributed by atoms with Gasteiger partial charge in [-0.25, -0.2) is 0 Å². The van der Waals surface area contributed by atoms with Crippen molar-refractivity contribution in [1.29, 1.82) is 5.41 Å². The maximum atomic E-state index is 10.9.